The second kappa shape index (κ2) is 9.44. The van der Waals surface area contributed by atoms with Crippen molar-refractivity contribution in [3.63, 3.8) is 0 Å². The third-order valence-corrected chi connectivity index (χ3v) is 4.27. The molecule has 0 radical (unpaired) electrons. The van der Waals surface area contributed by atoms with Gasteiger partial charge in [0, 0.05) is 13.2 Å². The van der Waals surface area contributed by atoms with Gasteiger partial charge in [-0.15, -0.1) is 0 Å². The molecule has 1 aromatic rings. The number of hydrogen-bond donors (Lipinski definition) is 1. The number of benzene rings is 1. The Morgan fingerprint density at radius 2 is 1.95 bits per heavy atom. The minimum Gasteiger partial charge on any atom is -0.496 e. The van der Waals surface area contributed by atoms with Gasteiger partial charge in [0.1, 0.15) is 5.75 Å². The normalized spacial score (nSPS) is 14.2. The Morgan fingerprint density at radius 3 is 2.43 bits per heavy atom. The van der Waals surface area contributed by atoms with Crippen molar-refractivity contribution in [3.05, 3.63) is 28.2 Å². The molecule has 2 unspecified atom stereocenters. The number of ether oxygens (including phenoxy) is 2. The molecule has 0 saturated carbocycles. The molecule has 120 valence electrons. The molecule has 0 aliphatic heterocycles. The van der Waals surface area contributed by atoms with Crippen molar-refractivity contribution in [1.29, 1.82) is 0 Å². The van der Waals surface area contributed by atoms with Gasteiger partial charge in [-0.25, -0.2) is 0 Å². The lowest BCUT2D eigenvalue weighted by Gasteiger charge is -2.30. The van der Waals surface area contributed by atoms with Crippen LogP contribution in [0.5, 0.6) is 5.75 Å². The first-order valence-corrected chi connectivity index (χ1v) is 8.41. The summed E-state index contributed by atoms with van der Waals surface area (Å²) in [6, 6.07) is 6.58. The highest BCUT2D eigenvalue weighted by molar-refractivity contribution is 9.10. The highest BCUT2D eigenvalue weighted by Crippen LogP contribution is 2.26. The summed E-state index contributed by atoms with van der Waals surface area (Å²) < 4.78 is 12.0. The summed E-state index contributed by atoms with van der Waals surface area (Å²) in [6.07, 6.45) is 2.27. The lowest BCUT2D eigenvalue weighted by atomic mass is 9.93. The topological polar surface area (TPSA) is 30.5 Å². The molecule has 1 N–H and O–H groups in total. The van der Waals surface area contributed by atoms with Gasteiger partial charge in [-0.1, -0.05) is 26.8 Å². The molecule has 0 heterocycles. The van der Waals surface area contributed by atoms with Crippen LogP contribution in [0.2, 0.25) is 0 Å². The van der Waals surface area contributed by atoms with E-state index in [0.29, 0.717) is 12.0 Å². The number of nitrogens with one attached hydrogen (secondary N) is 1. The fourth-order valence-corrected chi connectivity index (χ4v) is 3.21. The zero-order chi connectivity index (χ0) is 15.8. The Morgan fingerprint density at radius 1 is 1.24 bits per heavy atom. The van der Waals surface area contributed by atoms with Gasteiger partial charge in [-0.3, -0.25) is 0 Å². The first-order chi connectivity index (χ1) is 10.0. The first kappa shape index (κ1) is 18.5. The van der Waals surface area contributed by atoms with Gasteiger partial charge in [-0.2, -0.15) is 0 Å². The van der Waals surface area contributed by atoms with Crippen molar-refractivity contribution in [2.75, 3.05) is 20.8 Å². The van der Waals surface area contributed by atoms with Crippen LogP contribution in [-0.2, 0) is 11.2 Å². The number of halogens is 1. The smallest absolute Gasteiger partial charge is 0.133 e. The Labute approximate surface area is 137 Å². The van der Waals surface area contributed by atoms with E-state index in [1.807, 2.05) is 6.07 Å². The van der Waals surface area contributed by atoms with E-state index in [1.165, 1.54) is 5.56 Å². The molecule has 0 bridgehead atoms. The van der Waals surface area contributed by atoms with Crippen molar-refractivity contribution >= 4 is 15.9 Å². The maximum atomic E-state index is 5.72. The van der Waals surface area contributed by atoms with Gasteiger partial charge in [0.05, 0.1) is 17.7 Å². The predicted octanol–water partition coefficient (Wildman–Crippen LogP) is 4.04. The lowest BCUT2D eigenvalue weighted by molar-refractivity contribution is 0.0332. The van der Waals surface area contributed by atoms with Crippen LogP contribution in [0.25, 0.3) is 0 Å². The third kappa shape index (κ3) is 5.61. The van der Waals surface area contributed by atoms with Crippen molar-refractivity contribution in [2.45, 2.75) is 45.8 Å². The highest BCUT2D eigenvalue weighted by Gasteiger charge is 2.24. The van der Waals surface area contributed by atoms with Crippen molar-refractivity contribution in [3.8, 4) is 5.75 Å². The lowest BCUT2D eigenvalue weighted by Crippen LogP contribution is -2.45. The maximum Gasteiger partial charge on any atom is 0.133 e. The van der Waals surface area contributed by atoms with Gasteiger partial charge < -0.3 is 14.8 Å². The molecule has 0 spiro atoms. The van der Waals surface area contributed by atoms with E-state index in [-0.39, 0.29) is 6.10 Å². The SMILES string of the molecule is CCCNC(Cc1ccc(OC)c(Br)c1)C(OC)C(C)C. The zero-order valence-electron chi connectivity index (χ0n) is 13.8. The maximum absolute atomic E-state index is 5.72. The monoisotopic (exact) mass is 357 g/mol. The van der Waals surface area contributed by atoms with E-state index < -0.39 is 0 Å². The van der Waals surface area contributed by atoms with E-state index in [9.17, 15) is 0 Å². The van der Waals surface area contributed by atoms with E-state index in [1.54, 1.807) is 14.2 Å². The van der Waals surface area contributed by atoms with Gasteiger partial charge in [0.2, 0.25) is 0 Å². The molecule has 1 rings (SSSR count). The van der Waals surface area contributed by atoms with Gasteiger partial charge in [0.15, 0.2) is 0 Å². The molecule has 0 saturated heterocycles. The van der Waals surface area contributed by atoms with Crippen LogP contribution < -0.4 is 10.1 Å². The van der Waals surface area contributed by atoms with Crippen LogP contribution in [-0.4, -0.2) is 32.9 Å². The molecular formula is C17H28BrNO2. The number of rotatable bonds is 9. The van der Waals surface area contributed by atoms with Crippen LogP contribution in [0.4, 0.5) is 0 Å². The fourth-order valence-electron chi connectivity index (χ4n) is 2.63. The van der Waals surface area contributed by atoms with E-state index in [2.05, 4.69) is 54.2 Å². The summed E-state index contributed by atoms with van der Waals surface area (Å²) in [5, 5.41) is 3.63. The number of hydrogen-bond acceptors (Lipinski definition) is 3. The van der Waals surface area contributed by atoms with E-state index in [4.69, 9.17) is 9.47 Å². The fraction of sp³-hybridized carbons (Fsp3) is 0.647. The quantitative estimate of drug-likeness (QED) is 0.723. The summed E-state index contributed by atoms with van der Waals surface area (Å²) in [6.45, 7) is 7.61. The largest absolute Gasteiger partial charge is 0.496 e. The van der Waals surface area contributed by atoms with Crippen LogP contribution in [0, 0.1) is 5.92 Å². The Bertz CT molecular complexity index is 423. The molecule has 3 nitrogen and oxygen atoms in total. The Hall–Kier alpha value is -0.580. The Balaban J connectivity index is 2.86. The molecule has 0 aliphatic carbocycles. The van der Waals surface area contributed by atoms with Crippen LogP contribution in [0.15, 0.2) is 22.7 Å². The Kier molecular flexibility index (Phi) is 8.30. The summed E-state index contributed by atoms with van der Waals surface area (Å²) in [7, 11) is 3.49. The summed E-state index contributed by atoms with van der Waals surface area (Å²) >= 11 is 3.56. The molecule has 21 heavy (non-hydrogen) atoms. The van der Waals surface area contributed by atoms with Crippen molar-refractivity contribution in [2.24, 2.45) is 5.92 Å². The minimum absolute atomic E-state index is 0.206. The van der Waals surface area contributed by atoms with Crippen molar-refractivity contribution < 1.29 is 9.47 Å². The summed E-state index contributed by atoms with van der Waals surface area (Å²) in [5.41, 5.74) is 1.28. The third-order valence-electron chi connectivity index (χ3n) is 3.65. The highest BCUT2D eigenvalue weighted by atomic mass is 79.9. The standard InChI is InChI=1S/C17H28BrNO2/c1-6-9-19-15(17(21-5)12(2)3)11-13-7-8-16(20-4)14(18)10-13/h7-8,10,12,15,17,19H,6,9,11H2,1-5H3. The van der Waals surface area contributed by atoms with E-state index >= 15 is 0 Å². The molecule has 2 atom stereocenters. The van der Waals surface area contributed by atoms with Gasteiger partial charge in [0.25, 0.3) is 0 Å². The van der Waals surface area contributed by atoms with Crippen LogP contribution >= 0.6 is 15.9 Å². The molecule has 0 fully saturated rings. The average Bonchev–Trinajstić information content (AvgIpc) is 2.45. The summed E-state index contributed by atoms with van der Waals surface area (Å²) in [5.74, 6) is 1.34. The molecular weight excluding hydrogens is 330 g/mol. The minimum atomic E-state index is 0.206. The molecule has 0 amide bonds. The van der Waals surface area contributed by atoms with Crippen LogP contribution in [0.1, 0.15) is 32.8 Å². The van der Waals surface area contributed by atoms with Gasteiger partial charge >= 0.3 is 0 Å². The average molecular weight is 358 g/mol. The summed E-state index contributed by atoms with van der Waals surface area (Å²) in [4.78, 5) is 0. The van der Waals surface area contributed by atoms with Crippen molar-refractivity contribution in [1.82, 2.24) is 5.32 Å². The number of methoxy groups -OCH3 is 2. The molecule has 4 heteroatoms. The zero-order valence-corrected chi connectivity index (χ0v) is 15.4. The van der Waals surface area contributed by atoms with E-state index in [0.717, 1.165) is 29.6 Å². The van der Waals surface area contributed by atoms with Crippen LogP contribution in [0.3, 0.4) is 0 Å². The second-order valence-corrected chi connectivity index (χ2v) is 6.53. The first-order valence-electron chi connectivity index (χ1n) is 7.62. The van der Waals surface area contributed by atoms with Gasteiger partial charge in [-0.05, 0) is 58.9 Å². The molecule has 0 aromatic heterocycles. The molecule has 1 aromatic carbocycles. The predicted molar refractivity (Wildman–Crippen MR) is 92.1 cm³/mol. The second-order valence-electron chi connectivity index (χ2n) is 5.68. The molecule has 0 aliphatic rings.